The number of rotatable bonds is 4. The summed E-state index contributed by atoms with van der Waals surface area (Å²) in [6.45, 7) is 5.31. The summed E-state index contributed by atoms with van der Waals surface area (Å²) in [4.78, 5) is 14.2. The first-order chi connectivity index (χ1) is 17.1. The molecule has 0 saturated heterocycles. The lowest BCUT2D eigenvalue weighted by molar-refractivity contribution is 0.385. The molecule has 1 aliphatic rings. The summed E-state index contributed by atoms with van der Waals surface area (Å²) in [5, 5.41) is 5.22. The van der Waals surface area contributed by atoms with E-state index in [1.807, 2.05) is 6.08 Å². The average molecular weight is 462 g/mol. The molecule has 0 fully saturated rings. The zero-order chi connectivity index (χ0) is 23.9. The molecule has 0 unspecified atom stereocenters. The summed E-state index contributed by atoms with van der Waals surface area (Å²) < 4.78 is 7.22. The summed E-state index contributed by atoms with van der Waals surface area (Å²) in [6, 6.07) is 24.0. The second-order valence-corrected chi connectivity index (χ2v) is 9.22. The lowest BCUT2D eigenvalue weighted by Crippen LogP contribution is -2.05. The van der Waals surface area contributed by atoms with Crippen LogP contribution in [0, 0.1) is 6.92 Å². The molecule has 0 amide bonds. The maximum atomic E-state index is 11.5. The van der Waals surface area contributed by atoms with E-state index in [2.05, 4.69) is 95.3 Å². The van der Waals surface area contributed by atoms with Gasteiger partial charge >= 0.3 is 5.76 Å². The number of nitrogens with zero attached hydrogens (tertiary/aromatic N) is 2. The van der Waals surface area contributed by atoms with Crippen LogP contribution in [0.3, 0.4) is 0 Å². The Morgan fingerprint density at radius 1 is 1.00 bits per heavy atom. The van der Waals surface area contributed by atoms with Crippen molar-refractivity contribution in [2.45, 2.75) is 39.7 Å². The van der Waals surface area contributed by atoms with Gasteiger partial charge in [0, 0.05) is 23.1 Å². The maximum absolute atomic E-state index is 11.5. The van der Waals surface area contributed by atoms with Crippen LogP contribution in [0.5, 0.6) is 0 Å². The molecule has 0 aliphatic heterocycles. The third-order valence-corrected chi connectivity index (χ3v) is 7.20. The number of fused-ring (bicyclic) bond motifs is 3. The number of para-hydroxylation sites is 1. The Morgan fingerprint density at radius 3 is 2.60 bits per heavy atom. The minimum atomic E-state index is -0.546. The van der Waals surface area contributed by atoms with Crippen molar-refractivity contribution in [3.8, 4) is 0 Å². The van der Waals surface area contributed by atoms with Gasteiger partial charge in [-0.05, 0) is 77.3 Å². The molecule has 0 bridgehead atoms. The molecule has 2 aromatic heterocycles. The topological polar surface area (TPSA) is 63.8 Å². The number of hydrogen-bond acceptors (Lipinski definition) is 3. The summed E-state index contributed by atoms with van der Waals surface area (Å²) in [5.41, 5.74) is 11.4. The van der Waals surface area contributed by atoms with Crippen LogP contribution in [0.1, 0.15) is 51.8 Å². The molecule has 1 aliphatic carbocycles. The zero-order valence-electron chi connectivity index (χ0n) is 20.0. The lowest BCUT2D eigenvalue weighted by atomic mass is 9.92. The molecule has 5 heteroatoms. The van der Waals surface area contributed by atoms with Crippen molar-refractivity contribution >= 4 is 22.6 Å². The van der Waals surface area contributed by atoms with Crippen molar-refractivity contribution in [1.29, 1.82) is 0 Å². The summed E-state index contributed by atoms with van der Waals surface area (Å²) in [6.07, 6.45) is 4.85. The Hall–Kier alpha value is -4.12. The predicted octanol–water partition coefficient (Wildman–Crippen LogP) is 5.92. The van der Waals surface area contributed by atoms with E-state index in [-0.39, 0.29) is 0 Å². The van der Waals surface area contributed by atoms with Crippen LogP contribution in [0.25, 0.3) is 22.6 Å². The molecule has 2 heterocycles. The average Bonchev–Trinajstić information content (AvgIpc) is 3.36. The molecule has 0 saturated carbocycles. The van der Waals surface area contributed by atoms with Gasteiger partial charge in [0.25, 0.3) is 0 Å². The van der Waals surface area contributed by atoms with Gasteiger partial charge in [-0.3, -0.25) is 9.51 Å². The number of nitrogens with one attached hydrogen (secondary N) is 1. The number of aromatic nitrogens is 3. The van der Waals surface area contributed by atoms with Crippen LogP contribution in [0.15, 0.2) is 76.0 Å². The smallest absolute Gasteiger partial charge is 0.340 e. The van der Waals surface area contributed by atoms with E-state index in [4.69, 9.17) is 4.52 Å². The van der Waals surface area contributed by atoms with Crippen molar-refractivity contribution in [2.75, 3.05) is 0 Å². The van der Waals surface area contributed by atoms with Gasteiger partial charge in [0.15, 0.2) is 5.82 Å². The fourth-order valence-electron chi connectivity index (χ4n) is 5.57. The van der Waals surface area contributed by atoms with E-state index in [1.165, 1.54) is 50.0 Å². The van der Waals surface area contributed by atoms with Crippen LogP contribution in [0.4, 0.5) is 0 Å². The van der Waals surface area contributed by atoms with Crippen LogP contribution in [0.2, 0.25) is 0 Å². The van der Waals surface area contributed by atoms with Crippen molar-refractivity contribution in [2.24, 2.45) is 0 Å². The first kappa shape index (κ1) is 21.4. The molecular weight excluding hydrogens is 434 g/mol. The molecule has 0 spiro atoms. The largest absolute Gasteiger partial charge is 0.439 e. The SMILES string of the molecule is CCc1c(C)c2ccccc2n1Cc1ccc2c(c1)CCc1ccccc1/C2=C\c1noc(=O)[nH]1. The van der Waals surface area contributed by atoms with Crippen LogP contribution >= 0.6 is 0 Å². The van der Waals surface area contributed by atoms with Gasteiger partial charge in [-0.2, -0.15) is 0 Å². The third-order valence-electron chi connectivity index (χ3n) is 7.20. The minimum Gasteiger partial charge on any atom is -0.340 e. The first-order valence-corrected chi connectivity index (χ1v) is 12.2. The maximum Gasteiger partial charge on any atom is 0.439 e. The quantitative estimate of drug-likeness (QED) is 0.361. The number of aromatic amines is 1. The molecule has 0 atom stereocenters. The highest BCUT2D eigenvalue weighted by atomic mass is 16.5. The summed E-state index contributed by atoms with van der Waals surface area (Å²) in [5.74, 6) is -0.117. The Bertz CT molecular complexity index is 1650. The van der Waals surface area contributed by atoms with Crippen molar-refractivity contribution in [3.05, 3.63) is 122 Å². The summed E-state index contributed by atoms with van der Waals surface area (Å²) >= 11 is 0. The van der Waals surface area contributed by atoms with Gasteiger partial charge in [0.1, 0.15) is 0 Å². The van der Waals surface area contributed by atoms with Gasteiger partial charge in [0.05, 0.1) is 0 Å². The molecule has 5 aromatic rings. The molecule has 3 aromatic carbocycles. The highest BCUT2D eigenvalue weighted by molar-refractivity contribution is 5.93. The van der Waals surface area contributed by atoms with E-state index in [9.17, 15) is 4.79 Å². The minimum absolute atomic E-state index is 0.429. The highest BCUT2D eigenvalue weighted by Crippen LogP contribution is 2.35. The predicted molar refractivity (Wildman–Crippen MR) is 140 cm³/mol. The third kappa shape index (κ3) is 3.73. The Labute approximate surface area is 203 Å². The molecule has 6 rings (SSSR count). The van der Waals surface area contributed by atoms with E-state index in [0.717, 1.165) is 31.4 Å². The number of aryl methyl sites for hydroxylation is 3. The second kappa shape index (κ2) is 8.58. The lowest BCUT2D eigenvalue weighted by Gasteiger charge is -2.15. The highest BCUT2D eigenvalue weighted by Gasteiger charge is 2.20. The number of H-pyrrole nitrogens is 1. The van der Waals surface area contributed by atoms with E-state index in [0.29, 0.717) is 5.82 Å². The second-order valence-electron chi connectivity index (χ2n) is 9.22. The van der Waals surface area contributed by atoms with Gasteiger partial charge in [0.2, 0.25) is 0 Å². The number of hydrogen-bond donors (Lipinski definition) is 1. The van der Waals surface area contributed by atoms with E-state index < -0.39 is 5.76 Å². The molecule has 35 heavy (non-hydrogen) atoms. The monoisotopic (exact) mass is 461 g/mol. The van der Waals surface area contributed by atoms with Crippen LogP contribution in [-0.4, -0.2) is 14.7 Å². The fourth-order valence-corrected chi connectivity index (χ4v) is 5.57. The Morgan fingerprint density at radius 2 is 1.77 bits per heavy atom. The standard InChI is InChI=1S/C30H27N3O2/c1-3-27-19(2)23-9-6-7-11-28(23)33(27)18-20-12-15-25-22(16-20)14-13-21-8-4-5-10-24(21)26(25)17-29-31-30(34)35-32-29/h4-12,15-17H,3,13-14,18H2,1-2H3,(H,31,32,34)/b26-17+. The molecule has 0 radical (unpaired) electrons. The van der Waals surface area contributed by atoms with Gasteiger partial charge < -0.3 is 4.57 Å². The molecule has 1 N–H and O–H groups in total. The van der Waals surface area contributed by atoms with Gasteiger partial charge in [-0.1, -0.05) is 72.7 Å². The van der Waals surface area contributed by atoms with Crippen LogP contribution in [-0.2, 0) is 25.8 Å². The van der Waals surface area contributed by atoms with E-state index in [1.54, 1.807) is 0 Å². The van der Waals surface area contributed by atoms with Crippen molar-refractivity contribution in [1.82, 2.24) is 14.7 Å². The van der Waals surface area contributed by atoms with Crippen LogP contribution < -0.4 is 5.76 Å². The van der Waals surface area contributed by atoms with Gasteiger partial charge in [-0.15, -0.1) is 0 Å². The first-order valence-electron chi connectivity index (χ1n) is 12.2. The normalized spacial score (nSPS) is 14.2. The Balaban J connectivity index is 1.46. The van der Waals surface area contributed by atoms with Gasteiger partial charge in [-0.25, -0.2) is 4.79 Å². The summed E-state index contributed by atoms with van der Waals surface area (Å²) in [7, 11) is 0. The van der Waals surface area contributed by atoms with Crippen molar-refractivity contribution in [3.63, 3.8) is 0 Å². The zero-order valence-corrected chi connectivity index (χ0v) is 20.0. The molecule has 174 valence electrons. The number of benzene rings is 3. The Kier molecular flexibility index (Phi) is 5.25. The molecular formula is C30H27N3O2. The van der Waals surface area contributed by atoms with Crippen molar-refractivity contribution < 1.29 is 4.52 Å². The van der Waals surface area contributed by atoms with E-state index >= 15 is 0 Å². The molecule has 5 nitrogen and oxygen atoms in total. The fraction of sp³-hybridized carbons (Fsp3) is 0.200.